The maximum atomic E-state index is 12.3. The minimum Gasteiger partial charge on any atom is -0.489 e. The molecule has 0 saturated carbocycles. The van der Waals surface area contributed by atoms with Crippen molar-refractivity contribution >= 4 is 27.7 Å². The fourth-order valence-electron chi connectivity index (χ4n) is 3.35. The first-order chi connectivity index (χ1) is 13.5. The number of fused-ring (bicyclic) bond motifs is 1. The standard InChI is InChI=1S/C21H19BrN4O2/c1-13-19(14(2)27)20(26-21(25-13)23-12-24-26)16-5-9-18(10-6-16)28-11-15-3-7-17(22)8-4-15/h3-10,12,20H,11H2,1-2H3,(H,23,24,25). The number of nitrogens with zero attached hydrogens (tertiary/aromatic N) is 3. The van der Waals surface area contributed by atoms with E-state index in [2.05, 4.69) is 31.3 Å². The van der Waals surface area contributed by atoms with Gasteiger partial charge in [0.2, 0.25) is 5.95 Å². The number of benzene rings is 2. The van der Waals surface area contributed by atoms with Gasteiger partial charge in [-0.3, -0.25) is 4.79 Å². The molecule has 3 aromatic rings. The van der Waals surface area contributed by atoms with Crippen molar-refractivity contribution < 1.29 is 9.53 Å². The van der Waals surface area contributed by atoms with Crippen molar-refractivity contribution in [3.63, 3.8) is 0 Å². The number of carbonyl (C=O) groups excluding carboxylic acids is 1. The fraction of sp³-hybridized carbons (Fsp3) is 0.190. The molecule has 6 nitrogen and oxygen atoms in total. The second-order valence-electron chi connectivity index (χ2n) is 6.63. The quantitative estimate of drug-likeness (QED) is 0.634. The van der Waals surface area contributed by atoms with Crippen molar-refractivity contribution in [2.24, 2.45) is 0 Å². The molecule has 28 heavy (non-hydrogen) atoms. The van der Waals surface area contributed by atoms with Crippen LogP contribution in [0.5, 0.6) is 5.75 Å². The Hall–Kier alpha value is -2.93. The summed E-state index contributed by atoms with van der Waals surface area (Å²) in [5, 5.41) is 7.45. The zero-order valence-electron chi connectivity index (χ0n) is 15.5. The molecular formula is C21H19BrN4O2. The Morgan fingerprint density at radius 3 is 2.57 bits per heavy atom. The smallest absolute Gasteiger partial charge is 0.226 e. The van der Waals surface area contributed by atoms with Crippen LogP contribution in [0.15, 0.2) is 70.6 Å². The SMILES string of the molecule is CC(=O)C1=C(C)Nc2ncnn2C1c1ccc(OCc2ccc(Br)cc2)cc1. The molecule has 7 heteroatoms. The van der Waals surface area contributed by atoms with E-state index in [0.29, 0.717) is 18.1 Å². The number of anilines is 1. The number of rotatable bonds is 5. The average molecular weight is 439 g/mol. The Morgan fingerprint density at radius 1 is 1.18 bits per heavy atom. The highest BCUT2D eigenvalue weighted by molar-refractivity contribution is 9.10. The normalized spacial score (nSPS) is 15.8. The van der Waals surface area contributed by atoms with Crippen LogP contribution in [0.25, 0.3) is 0 Å². The van der Waals surface area contributed by atoms with E-state index in [9.17, 15) is 4.79 Å². The van der Waals surface area contributed by atoms with Gasteiger partial charge in [0.1, 0.15) is 24.7 Å². The summed E-state index contributed by atoms with van der Waals surface area (Å²) in [6, 6.07) is 15.5. The molecule has 0 aliphatic carbocycles. The molecule has 4 rings (SSSR count). The van der Waals surface area contributed by atoms with Crippen molar-refractivity contribution in [3.05, 3.63) is 81.7 Å². The number of nitrogens with one attached hydrogen (secondary N) is 1. The molecule has 2 heterocycles. The number of hydrogen-bond donors (Lipinski definition) is 1. The summed E-state index contributed by atoms with van der Waals surface area (Å²) in [5.41, 5.74) is 3.53. The number of ketones is 1. The summed E-state index contributed by atoms with van der Waals surface area (Å²) in [7, 11) is 0. The molecule has 1 aliphatic rings. The van der Waals surface area contributed by atoms with E-state index >= 15 is 0 Å². The third kappa shape index (κ3) is 3.57. The first kappa shape index (κ1) is 18.4. The molecule has 0 bridgehead atoms. The molecule has 1 aliphatic heterocycles. The second-order valence-corrected chi connectivity index (χ2v) is 7.55. The molecule has 1 N–H and O–H groups in total. The van der Waals surface area contributed by atoms with E-state index in [4.69, 9.17) is 4.74 Å². The Kier molecular flexibility index (Phi) is 5.00. The minimum atomic E-state index is -0.309. The Bertz CT molecular complexity index is 1040. The highest BCUT2D eigenvalue weighted by Gasteiger charge is 2.31. The first-order valence-electron chi connectivity index (χ1n) is 8.88. The highest BCUT2D eigenvalue weighted by Crippen LogP contribution is 2.35. The zero-order valence-corrected chi connectivity index (χ0v) is 17.1. The number of allylic oxidation sites excluding steroid dienone is 2. The number of aromatic nitrogens is 3. The number of halogens is 1. The van der Waals surface area contributed by atoms with Crippen LogP contribution in [0.3, 0.4) is 0 Å². The second kappa shape index (κ2) is 7.59. The third-order valence-electron chi connectivity index (χ3n) is 4.69. The third-order valence-corrected chi connectivity index (χ3v) is 5.22. The summed E-state index contributed by atoms with van der Waals surface area (Å²) in [6.07, 6.45) is 1.49. The van der Waals surface area contributed by atoms with Crippen LogP contribution >= 0.6 is 15.9 Å². The van der Waals surface area contributed by atoms with Crippen LogP contribution in [-0.2, 0) is 11.4 Å². The van der Waals surface area contributed by atoms with Gasteiger partial charge in [0.05, 0.1) is 0 Å². The van der Waals surface area contributed by atoms with E-state index in [1.807, 2.05) is 55.5 Å². The minimum absolute atomic E-state index is 0.00622. The van der Waals surface area contributed by atoms with E-state index in [1.165, 1.54) is 6.33 Å². The van der Waals surface area contributed by atoms with Gasteiger partial charge in [-0.2, -0.15) is 10.1 Å². The van der Waals surface area contributed by atoms with Crippen molar-refractivity contribution in [2.45, 2.75) is 26.5 Å². The van der Waals surface area contributed by atoms with Crippen molar-refractivity contribution in [2.75, 3.05) is 5.32 Å². The molecule has 1 unspecified atom stereocenters. The van der Waals surface area contributed by atoms with Gasteiger partial charge in [-0.1, -0.05) is 40.2 Å². The first-order valence-corrected chi connectivity index (χ1v) is 9.67. The molecule has 0 amide bonds. The van der Waals surface area contributed by atoms with Gasteiger partial charge < -0.3 is 10.1 Å². The maximum absolute atomic E-state index is 12.3. The summed E-state index contributed by atoms with van der Waals surface area (Å²) < 4.78 is 8.66. The van der Waals surface area contributed by atoms with Gasteiger partial charge in [0, 0.05) is 15.7 Å². The zero-order chi connectivity index (χ0) is 19.7. The lowest BCUT2D eigenvalue weighted by Gasteiger charge is -2.28. The highest BCUT2D eigenvalue weighted by atomic mass is 79.9. The summed E-state index contributed by atoms with van der Waals surface area (Å²) in [5.74, 6) is 1.40. The van der Waals surface area contributed by atoms with Gasteiger partial charge in [-0.05, 0) is 49.2 Å². The van der Waals surface area contributed by atoms with Crippen molar-refractivity contribution in [3.8, 4) is 5.75 Å². The predicted octanol–water partition coefficient (Wildman–Crippen LogP) is 4.50. The lowest BCUT2D eigenvalue weighted by Crippen LogP contribution is -2.27. The fourth-order valence-corrected chi connectivity index (χ4v) is 3.61. The van der Waals surface area contributed by atoms with Gasteiger partial charge in [0.25, 0.3) is 0 Å². The van der Waals surface area contributed by atoms with Crippen molar-refractivity contribution in [1.82, 2.24) is 14.8 Å². The van der Waals surface area contributed by atoms with Gasteiger partial charge in [0.15, 0.2) is 5.78 Å². The largest absolute Gasteiger partial charge is 0.489 e. The summed E-state index contributed by atoms with van der Waals surface area (Å²) in [4.78, 5) is 16.5. The number of ether oxygens (including phenoxy) is 1. The van der Waals surface area contributed by atoms with Crippen molar-refractivity contribution in [1.29, 1.82) is 0 Å². The molecule has 2 aromatic carbocycles. The van der Waals surface area contributed by atoms with E-state index in [1.54, 1.807) is 11.6 Å². The van der Waals surface area contributed by atoms with Gasteiger partial charge in [-0.15, -0.1) is 0 Å². The molecule has 0 spiro atoms. The Balaban J connectivity index is 1.57. The van der Waals surface area contributed by atoms with E-state index in [-0.39, 0.29) is 11.8 Å². The van der Waals surface area contributed by atoms with Crippen LogP contribution in [0, 0.1) is 0 Å². The van der Waals surface area contributed by atoms with Crippen LogP contribution in [0.1, 0.15) is 31.0 Å². The summed E-state index contributed by atoms with van der Waals surface area (Å²) >= 11 is 3.43. The molecule has 1 atom stereocenters. The number of hydrogen-bond acceptors (Lipinski definition) is 5. The lowest BCUT2D eigenvalue weighted by molar-refractivity contribution is -0.114. The molecule has 0 fully saturated rings. The molecule has 1 aromatic heterocycles. The van der Waals surface area contributed by atoms with Crippen LogP contribution in [0.4, 0.5) is 5.95 Å². The van der Waals surface area contributed by atoms with E-state index < -0.39 is 0 Å². The van der Waals surface area contributed by atoms with Crippen LogP contribution < -0.4 is 10.1 Å². The molecule has 142 valence electrons. The Labute approximate surface area is 171 Å². The number of Topliss-reactive ketones (excluding diaryl/α,β-unsaturated/α-hetero) is 1. The predicted molar refractivity (Wildman–Crippen MR) is 110 cm³/mol. The molecular weight excluding hydrogens is 420 g/mol. The Morgan fingerprint density at radius 2 is 1.89 bits per heavy atom. The van der Waals surface area contributed by atoms with Gasteiger partial charge in [-0.25, -0.2) is 4.68 Å². The number of carbonyl (C=O) groups is 1. The molecule has 0 saturated heterocycles. The monoisotopic (exact) mass is 438 g/mol. The summed E-state index contributed by atoms with van der Waals surface area (Å²) in [6.45, 7) is 3.95. The van der Waals surface area contributed by atoms with Crippen LogP contribution in [0.2, 0.25) is 0 Å². The topological polar surface area (TPSA) is 69.0 Å². The van der Waals surface area contributed by atoms with Crippen LogP contribution in [-0.4, -0.2) is 20.5 Å². The van der Waals surface area contributed by atoms with E-state index in [0.717, 1.165) is 27.0 Å². The maximum Gasteiger partial charge on any atom is 0.226 e. The average Bonchev–Trinajstić information content (AvgIpc) is 3.14. The lowest BCUT2D eigenvalue weighted by atomic mass is 9.93. The molecule has 0 radical (unpaired) electrons. The van der Waals surface area contributed by atoms with Gasteiger partial charge >= 0.3 is 0 Å².